The minimum atomic E-state index is -0.692. The molecule has 0 bridgehead atoms. The number of hydrogen-bond donors (Lipinski definition) is 2. The lowest BCUT2D eigenvalue weighted by molar-refractivity contribution is -0.151. The first-order valence-corrected chi connectivity index (χ1v) is 13.4. The zero-order valence-electron chi connectivity index (χ0n) is 21.3. The smallest absolute Gasteiger partial charge is 0.337 e. The number of carbonyl (C=O) groups is 2. The minimum Gasteiger partial charge on any atom is -0.458 e. The molecule has 0 amide bonds. The molecule has 0 radical (unpaired) electrons. The predicted octanol–water partition coefficient (Wildman–Crippen LogP) is 4.65. The Morgan fingerprint density at radius 1 is 1.20 bits per heavy atom. The molecule has 1 aliphatic heterocycles. The van der Waals surface area contributed by atoms with Crippen molar-refractivity contribution in [3.05, 3.63) is 36.0 Å². The Kier molecular flexibility index (Phi) is 7.92. The van der Waals surface area contributed by atoms with Crippen molar-refractivity contribution in [3.8, 4) is 0 Å². The number of fused-ring (bicyclic) bond motifs is 1. The summed E-state index contributed by atoms with van der Waals surface area (Å²) in [5.74, 6) is -0.160. The molecule has 3 aliphatic carbocycles. The van der Waals surface area contributed by atoms with E-state index in [2.05, 4.69) is 13.5 Å². The molecule has 1 heterocycles. The van der Waals surface area contributed by atoms with Crippen molar-refractivity contribution in [2.75, 3.05) is 13.2 Å². The molecule has 2 N–H and O–H groups in total. The molecule has 194 valence electrons. The van der Waals surface area contributed by atoms with Gasteiger partial charge in [0, 0.05) is 11.5 Å². The van der Waals surface area contributed by atoms with E-state index in [0.717, 1.165) is 37.7 Å². The Labute approximate surface area is 209 Å². The highest BCUT2D eigenvalue weighted by atomic mass is 16.6. The number of aliphatic hydroxyl groups is 2. The van der Waals surface area contributed by atoms with E-state index in [1.54, 1.807) is 0 Å². The van der Waals surface area contributed by atoms with E-state index < -0.39 is 29.6 Å². The van der Waals surface area contributed by atoms with Crippen LogP contribution >= 0.6 is 0 Å². The summed E-state index contributed by atoms with van der Waals surface area (Å²) < 4.78 is 10.9. The Bertz CT molecular complexity index is 884. The minimum absolute atomic E-state index is 0.0482. The number of aliphatic hydroxyl groups excluding tert-OH is 2. The molecule has 4 rings (SSSR count). The molecular formula is C29H42O6. The van der Waals surface area contributed by atoms with Gasteiger partial charge in [0.1, 0.15) is 6.61 Å². The second-order valence-electron chi connectivity index (χ2n) is 11.7. The number of esters is 2. The molecule has 4 fully saturated rings. The number of cyclic esters (lactones) is 1. The molecule has 3 saturated carbocycles. The van der Waals surface area contributed by atoms with Gasteiger partial charge in [-0.05, 0) is 68.1 Å². The van der Waals surface area contributed by atoms with Gasteiger partial charge in [0.25, 0.3) is 0 Å². The van der Waals surface area contributed by atoms with Gasteiger partial charge in [-0.25, -0.2) is 9.59 Å². The van der Waals surface area contributed by atoms with E-state index >= 15 is 0 Å². The van der Waals surface area contributed by atoms with Gasteiger partial charge in [-0.3, -0.25) is 0 Å². The van der Waals surface area contributed by atoms with E-state index in [-0.39, 0.29) is 30.5 Å². The summed E-state index contributed by atoms with van der Waals surface area (Å²) in [4.78, 5) is 25.0. The average molecular weight is 487 g/mol. The van der Waals surface area contributed by atoms with Gasteiger partial charge >= 0.3 is 11.9 Å². The van der Waals surface area contributed by atoms with E-state index in [9.17, 15) is 19.8 Å². The Morgan fingerprint density at radius 2 is 1.94 bits per heavy atom. The standard InChI is InChI=1S/C29H42O6/c1-19-9-13-24-28(2,16-15-25(31)29(24,3)18-30)22(19)12-11-21-23(17-34-27(21)33)35-26(32)14-10-20-7-5-4-6-8-20/h10-11,14,20,22-25,30-31H,1,4-9,12-13,15-18H2,2-3H3/b14-10+,21-11+/t22-,23-,24+,25-,28+,29+/m1/s1. The second kappa shape index (κ2) is 10.6. The number of hydrogen-bond acceptors (Lipinski definition) is 6. The van der Waals surface area contributed by atoms with Gasteiger partial charge < -0.3 is 19.7 Å². The Morgan fingerprint density at radius 3 is 2.66 bits per heavy atom. The molecule has 0 unspecified atom stereocenters. The van der Waals surface area contributed by atoms with Crippen LogP contribution in [0.1, 0.15) is 78.1 Å². The first kappa shape index (κ1) is 26.2. The first-order chi connectivity index (χ1) is 16.7. The number of allylic oxidation sites excluding steroid dienone is 3. The summed E-state index contributed by atoms with van der Waals surface area (Å²) in [6.07, 6.45) is 13.8. The molecule has 0 aromatic heterocycles. The third kappa shape index (κ3) is 5.15. The zero-order chi connectivity index (χ0) is 25.2. The molecule has 0 spiro atoms. The van der Waals surface area contributed by atoms with Crippen molar-refractivity contribution in [3.63, 3.8) is 0 Å². The van der Waals surface area contributed by atoms with Crippen molar-refractivity contribution >= 4 is 11.9 Å². The van der Waals surface area contributed by atoms with E-state index in [4.69, 9.17) is 9.47 Å². The zero-order valence-corrected chi connectivity index (χ0v) is 21.3. The topological polar surface area (TPSA) is 93.1 Å². The van der Waals surface area contributed by atoms with Crippen LogP contribution in [0.25, 0.3) is 0 Å². The molecular weight excluding hydrogens is 444 g/mol. The van der Waals surface area contributed by atoms with Crippen molar-refractivity contribution in [2.24, 2.45) is 28.6 Å². The maximum Gasteiger partial charge on any atom is 0.337 e. The van der Waals surface area contributed by atoms with Crippen LogP contribution in [0.2, 0.25) is 0 Å². The second-order valence-corrected chi connectivity index (χ2v) is 11.7. The van der Waals surface area contributed by atoms with Gasteiger partial charge in [0.05, 0.1) is 18.3 Å². The van der Waals surface area contributed by atoms with E-state index in [1.165, 1.54) is 25.3 Å². The van der Waals surface area contributed by atoms with Gasteiger partial charge in [-0.15, -0.1) is 0 Å². The number of ether oxygens (including phenoxy) is 2. The van der Waals surface area contributed by atoms with Crippen LogP contribution in [-0.2, 0) is 19.1 Å². The van der Waals surface area contributed by atoms with Crippen LogP contribution in [-0.4, -0.2) is 47.6 Å². The summed E-state index contributed by atoms with van der Waals surface area (Å²) in [6, 6.07) is 0. The summed E-state index contributed by atoms with van der Waals surface area (Å²) in [5, 5.41) is 20.9. The Hall–Kier alpha value is -1.92. The predicted molar refractivity (Wildman–Crippen MR) is 133 cm³/mol. The largest absolute Gasteiger partial charge is 0.458 e. The van der Waals surface area contributed by atoms with Crippen LogP contribution in [0.5, 0.6) is 0 Å². The third-order valence-corrected chi connectivity index (χ3v) is 9.63. The lowest BCUT2D eigenvalue weighted by Crippen LogP contribution is -2.57. The SMILES string of the molecule is C=C1CC[C@@H]2[C@](C)(CO)[C@H](O)CC[C@@]2(C)[C@@H]1C/C=C1/C(=O)OC[C@H]1OC(=O)/C=C/C1CCCCC1. The van der Waals surface area contributed by atoms with Crippen LogP contribution < -0.4 is 0 Å². The fourth-order valence-corrected chi connectivity index (χ4v) is 7.37. The molecule has 6 atom stereocenters. The summed E-state index contributed by atoms with van der Waals surface area (Å²) in [6.45, 7) is 8.60. The van der Waals surface area contributed by atoms with Gasteiger partial charge in [-0.2, -0.15) is 0 Å². The quantitative estimate of drug-likeness (QED) is 0.323. The lowest BCUT2D eigenvalue weighted by atomic mass is 9.46. The Balaban J connectivity index is 1.46. The molecule has 6 heteroatoms. The number of rotatable bonds is 6. The monoisotopic (exact) mass is 486 g/mol. The molecule has 35 heavy (non-hydrogen) atoms. The maximum absolute atomic E-state index is 12.5. The molecule has 0 aromatic rings. The molecule has 1 saturated heterocycles. The highest BCUT2D eigenvalue weighted by Gasteiger charge is 2.57. The summed E-state index contributed by atoms with van der Waals surface area (Å²) >= 11 is 0. The summed E-state index contributed by atoms with van der Waals surface area (Å²) in [5.41, 5.74) is 0.866. The highest BCUT2D eigenvalue weighted by molar-refractivity contribution is 5.93. The van der Waals surface area contributed by atoms with Crippen molar-refractivity contribution in [1.82, 2.24) is 0 Å². The van der Waals surface area contributed by atoms with E-state index in [1.807, 2.05) is 19.1 Å². The summed E-state index contributed by atoms with van der Waals surface area (Å²) in [7, 11) is 0. The van der Waals surface area contributed by atoms with Gasteiger partial charge in [0.15, 0.2) is 6.10 Å². The van der Waals surface area contributed by atoms with Gasteiger partial charge in [-0.1, -0.05) is 57.4 Å². The first-order valence-electron chi connectivity index (χ1n) is 13.4. The maximum atomic E-state index is 12.5. The van der Waals surface area contributed by atoms with Crippen LogP contribution in [0.4, 0.5) is 0 Å². The van der Waals surface area contributed by atoms with Gasteiger partial charge in [0.2, 0.25) is 0 Å². The fraction of sp³-hybridized carbons (Fsp3) is 0.724. The van der Waals surface area contributed by atoms with Crippen molar-refractivity contribution in [1.29, 1.82) is 0 Å². The number of carbonyl (C=O) groups excluding carboxylic acids is 2. The fourth-order valence-electron chi connectivity index (χ4n) is 7.37. The normalized spacial score (nSPS) is 39.6. The molecule has 6 nitrogen and oxygen atoms in total. The molecule has 4 aliphatic rings. The third-order valence-electron chi connectivity index (χ3n) is 9.63. The van der Waals surface area contributed by atoms with E-state index in [0.29, 0.717) is 24.3 Å². The van der Waals surface area contributed by atoms with Crippen molar-refractivity contribution < 1.29 is 29.3 Å². The van der Waals surface area contributed by atoms with Crippen LogP contribution in [0.3, 0.4) is 0 Å². The van der Waals surface area contributed by atoms with Crippen LogP contribution in [0.15, 0.2) is 36.0 Å². The van der Waals surface area contributed by atoms with Crippen LogP contribution in [0, 0.1) is 28.6 Å². The molecule has 0 aromatic carbocycles. The lowest BCUT2D eigenvalue weighted by Gasteiger charge is -2.59. The highest BCUT2D eigenvalue weighted by Crippen LogP contribution is 2.61. The average Bonchev–Trinajstić information content (AvgIpc) is 3.19. The van der Waals surface area contributed by atoms with Crippen molar-refractivity contribution in [2.45, 2.75) is 90.3 Å².